The second-order valence-electron chi connectivity index (χ2n) is 5.59. The molecule has 1 amide bonds. The zero-order chi connectivity index (χ0) is 15.9. The first kappa shape index (κ1) is 16.2. The third-order valence-electron chi connectivity index (χ3n) is 3.69. The Kier molecular flexibility index (Phi) is 5.72. The third kappa shape index (κ3) is 4.43. The number of carbonyl (C=O) groups is 1. The predicted octanol–water partition coefficient (Wildman–Crippen LogP) is 2.06. The summed E-state index contributed by atoms with van der Waals surface area (Å²) < 4.78 is 0. The molecule has 2 N–H and O–H groups in total. The SMILES string of the molecule is Cc1cc(CC(=O)N(Cc2ccccc2)C(C)CCO)n[nH]1. The van der Waals surface area contributed by atoms with Crippen molar-refractivity contribution in [3.63, 3.8) is 0 Å². The Labute approximate surface area is 131 Å². The van der Waals surface area contributed by atoms with Crippen LogP contribution in [0, 0.1) is 6.92 Å². The Morgan fingerprint density at radius 2 is 2.09 bits per heavy atom. The van der Waals surface area contributed by atoms with Crippen molar-refractivity contribution in [3.8, 4) is 0 Å². The van der Waals surface area contributed by atoms with E-state index in [4.69, 9.17) is 0 Å². The van der Waals surface area contributed by atoms with Gasteiger partial charge in [0, 0.05) is 24.9 Å². The molecule has 5 nitrogen and oxygen atoms in total. The van der Waals surface area contributed by atoms with Gasteiger partial charge in [0.1, 0.15) is 0 Å². The number of carbonyl (C=O) groups excluding carboxylic acids is 1. The van der Waals surface area contributed by atoms with Crippen molar-refractivity contribution in [3.05, 3.63) is 53.3 Å². The highest BCUT2D eigenvalue weighted by Gasteiger charge is 2.21. The Bertz CT molecular complexity index is 595. The highest BCUT2D eigenvalue weighted by molar-refractivity contribution is 5.78. The van der Waals surface area contributed by atoms with Crippen LogP contribution < -0.4 is 0 Å². The van der Waals surface area contributed by atoms with E-state index in [-0.39, 0.29) is 25.0 Å². The molecule has 1 aromatic carbocycles. The molecule has 0 spiro atoms. The summed E-state index contributed by atoms with van der Waals surface area (Å²) in [5, 5.41) is 16.2. The molecule has 2 rings (SSSR count). The van der Waals surface area contributed by atoms with E-state index in [9.17, 15) is 9.90 Å². The molecule has 0 aliphatic carbocycles. The number of nitrogens with zero attached hydrogens (tertiary/aromatic N) is 2. The van der Waals surface area contributed by atoms with Crippen molar-refractivity contribution in [1.82, 2.24) is 15.1 Å². The third-order valence-corrected chi connectivity index (χ3v) is 3.69. The minimum Gasteiger partial charge on any atom is -0.396 e. The maximum atomic E-state index is 12.6. The van der Waals surface area contributed by atoms with Gasteiger partial charge in [-0.2, -0.15) is 5.10 Å². The van der Waals surface area contributed by atoms with Crippen LogP contribution in [0.25, 0.3) is 0 Å². The number of aliphatic hydroxyl groups is 1. The first-order valence-electron chi connectivity index (χ1n) is 7.55. The molecule has 1 atom stereocenters. The molecule has 2 aromatic rings. The quantitative estimate of drug-likeness (QED) is 0.822. The van der Waals surface area contributed by atoms with Gasteiger partial charge in [-0.15, -0.1) is 0 Å². The van der Waals surface area contributed by atoms with Crippen LogP contribution in [-0.2, 0) is 17.8 Å². The Morgan fingerprint density at radius 3 is 2.68 bits per heavy atom. The summed E-state index contributed by atoms with van der Waals surface area (Å²) in [5.74, 6) is 0.0244. The van der Waals surface area contributed by atoms with Crippen LogP contribution in [0.3, 0.4) is 0 Å². The van der Waals surface area contributed by atoms with E-state index in [2.05, 4.69) is 10.2 Å². The molecular weight excluding hydrogens is 278 g/mol. The van der Waals surface area contributed by atoms with Gasteiger partial charge < -0.3 is 10.0 Å². The Hall–Kier alpha value is -2.14. The van der Waals surface area contributed by atoms with E-state index in [0.29, 0.717) is 13.0 Å². The number of H-pyrrole nitrogens is 1. The molecule has 118 valence electrons. The number of aryl methyl sites for hydroxylation is 1. The predicted molar refractivity (Wildman–Crippen MR) is 85.2 cm³/mol. The van der Waals surface area contributed by atoms with Crippen LogP contribution in [0.1, 0.15) is 30.3 Å². The van der Waals surface area contributed by atoms with E-state index in [1.807, 2.05) is 55.1 Å². The molecule has 0 saturated heterocycles. The normalized spacial score (nSPS) is 12.1. The first-order chi connectivity index (χ1) is 10.6. The molecule has 0 aliphatic heterocycles. The van der Waals surface area contributed by atoms with Crippen molar-refractivity contribution in [2.45, 2.75) is 39.3 Å². The molecule has 22 heavy (non-hydrogen) atoms. The second kappa shape index (κ2) is 7.75. The maximum absolute atomic E-state index is 12.6. The van der Waals surface area contributed by atoms with Crippen molar-refractivity contribution in [2.24, 2.45) is 0 Å². The van der Waals surface area contributed by atoms with Crippen LogP contribution in [0.2, 0.25) is 0 Å². The Balaban J connectivity index is 2.10. The monoisotopic (exact) mass is 301 g/mol. The smallest absolute Gasteiger partial charge is 0.229 e. The standard InChI is InChI=1S/C17H23N3O2/c1-13-10-16(19-18-13)11-17(22)20(14(2)8-9-21)12-15-6-4-3-5-7-15/h3-7,10,14,21H,8-9,11-12H2,1-2H3,(H,18,19). The van der Waals surface area contributed by atoms with Gasteiger partial charge in [-0.1, -0.05) is 30.3 Å². The van der Waals surface area contributed by atoms with Crippen LogP contribution in [0.5, 0.6) is 0 Å². The van der Waals surface area contributed by atoms with Crippen molar-refractivity contribution in [2.75, 3.05) is 6.61 Å². The van der Waals surface area contributed by atoms with Gasteiger partial charge in [-0.05, 0) is 31.9 Å². The number of amides is 1. The lowest BCUT2D eigenvalue weighted by Crippen LogP contribution is -2.39. The largest absolute Gasteiger partial charge is 0.396 e. The number of hydrogen-bond donors (Lipinski definition) is 2. The van der Waals surface area contributed by atoms with Crippen LogP contribution in [-0.4, -0.2) is 38.8 Å². The van der Waals surface area contributed by atoms with Crippen LogP contribution in [0.15, 0.2) is 36.4 Å². The van der Waals surface area contributed by atoms with Gasteiger partial charge in [0.05, 0.1) is 12.1 Å². The number of aliphatic hydroxyl groups excluding tert-OH is 1. The van der Waals surface area contributed by atoms with E-state index in [1.54, 1.807) is 0 Å². The zero-order valence-electron chi connectivity index (χ0n) is 13.1. The molecule has 0 saturated carbocycles. The summed E-state index contributed by atoms with van der Waals surface area (Å²) in [6.07, 6.45) is 0.838. The highest BCUT2D eigenvalue weighted by atomic mass is 16.3. The Morgan fingerprint density at radius 1 is 1.36 bits per heavy atom. The number of nitrogens with one attached hydrogen (secondary N) is 1. The summed E-state index contributed by atoms with van der Waals surface area (Å²) in [7, 11) is 0. The first-order valence-corrected chi connectivity index (χ1v) is 7.55. The molecule has 5 heteroatoms. The summed E-state index contributed by atoms with van der Waals surface area (Å²) in [5.41, 5.74) is 2.77. The van der Waals surface area contributed by atoms with Gasteiger partial charge >= 0.3 is 0 Å². The minimum absolute atomic E-state index is 0.0160. The molecule has 1 unspecified atom stereocenters. The maximum Gasteiger partial charge on any atom is 0.229 e. The molecular formula is C17H23N3O2. The van der Waals surface area contributed by atoms with Gasteiger partial charge in [-0.25, -0.2) is 0 Å². The van der Waals surface area contributed by atoms with Crippen molar-refractivity contribution < 1.29 is 9.90 Å². The summed E-state index contributed by atoms with van der Waals surface area (Å²) in [6, 6.07) is 11.8. The molecule has 0 aliphatic rings. The van der Waals surface area contributed by atoms with E-state index >= 15 is 0 Å². The summed E-state index contributed by atoms with van der Waals surface area (Å²) >= 11 is 0. The molecule has 0 fully saturated rings. The number of aromatic nitrogens is 2. The number of benzene rings is 1. The van der Waals surface area contributed by atoms with Gasteiger partial charge in [-0.3, -0.25) is 9.89 Å². The molecule has 1 heterocycles. The van der Waals surface area contributed by atoms with E-state index in [0.717, 1.165) is 17.0 Å². The molecule has 0 bridgehead atoms. The van der Waals surface area contributed by atoms with Crippen molar-refractivity contribution >= 4 is 5.91 Å². The lowest BCUT2D eigenvalue weighted by molar-refractivity contribution is -0.133. The number of aromatic amines is 1. The average molecular weight is 301 g/mol. The second-order valence-corrected chi connectivity index (χ2v) is 5.59. The number of hydrogen-bond acceptors (Lipinski definition) is 3. The van der Waals surface area contributed by atoms with E-state index in [1.165, 1.54) is 0 Å². The zero-order valence-corrected chi connectivity index (χ0v) is 13.1. The number of rotatable bonds is 7. The average Bonchev–Trinajstić information content (AvgIpc) is 2.91. The summed E-state index contributed by atoms with van der Waals surface area (Å²) in [6.45, 7) is 4.50. The molecule has 1 aromatic heterocycles. The van der Waals surface area contributed by atoms with Crippen LogP contribution >= 0.6 is 0 Å². The van der Waals surface area contributed by atoms with E-state index < -0.39 is 0 Å². The van der Waals surface area contributed by atoms with Gasteiger partial charge in [0.2, 0.25) is 5.91 Å². The highest BCUT2D eigenvalue weighted by Crippen LogP contribution is 2.13. The van der Waals surface area contributed by atoms with Crippen molar-refractivity contribution in [1.29, 1.82) is 0 Å². The van der Waals surface area contributed by atoms with Gasteiger partial charge in [0.25, 0.3) is 0 Å². The summed E-state index contributed by atoms with van der Waals surface area (Å²) in [4.78, 5) is 14.4. The molecule has 0 radical (unpaired) electrons. The van der Waals surface area contributed by atoms with Crippen LogP contribution in [0.4, 0.5) is 0 Å². The minimum atomic E-state index is -0.0160. The lowest BCUT2D eigenvalue weighted by Gasteiger charge is -2.29. The fourth-order valence-electron chi connectivity index (χ4n) is 2.43. The lowest BCUT2D eigenvalue weighted by atomic mass is 10.1. The van der Waals surface area contributed by atoms with Gasteiger partial charge in [0.15, 0.2) is 0 Å². The fourth-order valence-corrected chi connectivity index (χ4v) is 2.43. The topological polar surface area (TPSA) is 69.2 Å². The fraction of sp³-hybridized carbons (Fsp3) is 0.412.